The van der Waals surface area contributed by atoms with Crippen LogP contribution in [0, 0.1) is 0 Å². The molecule has 0 bridgehead atoms. The number of ether oxygens (including phenoxy) is 1. The van der Waals surface area contributed by atoms with Gasteiger partial charge in [-0.1, -0.05) is 12.1 Å². The van der Waals surface area contributed by atoms with Crippen LogP contribution >= 0.6 is 11.8 Å². The number of amides is 1. The normalized spacial score (nSPS) is 11.8. The summed E-state index contributed by atoms with van der Waals surface area (Å²) < 4.78 is 5.49. The first kappa shape index (κ1) is 18.2. The minimum Gasteiger partial charge on any atom is -0.508 e. The number of hydrogen-bond acceptors (Lipinski definition) is 5. The molecular weight excluding hydrogens is 326 g/mol. The van der Waals surface area contributed by atoms with Crippen molar-refractivity contribution in [2.45, 2.75) is 23.8 Å². The second-order valence-electron chi connectivity index (χ2n) is 5.20. The maximum atomic E-state index is 12.1. The van der Waals surface area contributed by atoms with Gasteiger partial charge in [-0.2, -0.15) is 0 Å². The lowest BCUT2D eigenvalue weighted by molar-refractivity contribution is 0.0995. The van der Waals surface area contributed by atoms with Crippen molar-refractivity contribution in [3.63, 3.8) is 0 Å². The van der Waals surface area contributed by atoms with E-state index in [1.807, 2.05) is 30.5 Å². The Hall–Kier alpha value is -2.18. The van der Waals surface area contributed by atoms with Gasteiger partial charge in [0, 0.05) is 17.2 Å². The van der Waals surface area contributed by atoms with E-state index in [-0.39, 0.29) is 12.4 Å². The number of aliphatic hydroxyl groups is 1. The van der Waals surface area contributed by atoms with Crippen molar-refractivity contribution in [2.24, 2.45) is 0 Å². The lowest BCUT2D eigenvalue weighted by Crippen LogP contribution is -2.18. The number of nitrogens with one attached hydrogen (secondary N) is 1. The van der Waals surface area contributed by atoms with Crippen LogP contribution in [0.2, 0.25) is 0 Å². The highest BCUT2D eigenvalue weighted by molar-refractivity contribution is 7.98. The number of aliphatic hydroxyl groups excluding tert-OH is 1. The van der Waals surface area contributed by atoms with Crippen LogP contribution < -0.4 is 5.32 Å². The van der Waals surface area contributed by atoms with Crippen molar-refractivity contribution in [2.75, 3.05) is 18.2 Å². The molecule has 0 aliphatic rings. The molecule has 2 rings (SSSR count). The summed E-state index contributed by atoms with van der Waals surface area (Å²) in [4.78, 5) is 13.2. The third-order valence-corrected chi connectivity index (χ3v) is 4.22. The molecule has 0 aliphatic carbocycles. The summed E-state index contributed by atoms with van der Waals surface area (Å²) in [7, 11) is 0. The second kappa shape index (κ2) is 9.20. The van der Waals surface area contributed by atoms with Gasteiger partial charge in [0.2, 0.25) is 0 Å². The van der Waals surface area contributed by atoms with E-state index in [4.69, 9.17) is 9.84 Å². The van der Waals surface area contributed by atoms with Gasteiger partial charge in [-0.3, -0.25) is 5.32 Å². The summed E-state index contributed by atoms with van der Waals surface area (Å²) in [6, 6.07) is 14.0. The van der Waals surface area contributed by atoms with E-state index in [1.54, 1.807) is 36.0 Å². The standard InChI is InChI=1S/C18H21NO4S/c1-24-16-10-6-14(7-11-16)19-18(22)23-17(3-2-12-20)13-4-8-15(21)9-5-13/h4-11,17,20-21H,2-3,12H2,1H3,(H,19,22)/t17-/m1/s1. The third-order valence-electron chi connectivity index (χ3n) is 3.48. The maximum absolute atomic E-state index is 12.1. The van der Waals surface area contributed by atoms with Crippen LogP contribution in [0.3, 0.4) is 0 Å². The average Bonchev–Trinajstić information content (AvgIpc) is 2.60. The van der Waals surface area contributed by atoms with E-state index >= 15 is 0 Å². The van der Waals surface area contributed by atoms with Gasteiger partial charge in [0.1, 0.15) is 11.9 Å². The predicted molar refractivity (Wildman–Crippen MR) is 95.5 cm³/mol. The zero-order valence-corrected chi connectivity index (χ0v) is 14.3. The Morgan fingerprint density at radius 1 is 1.17 bits per heavy atom. The fourth-order valence-corrected chi connectivity index (χ4v) is 2.62. The monoisotopic (exact) mass is 347 g/mol. The van der Waals surface area contributed by atoms with E-state index in [0.29, 0.717) is 18.5 Å². The van der Waals surface area contributed by atoms with Crippen LogP contribution in [0.5, 0.6) is 5.75 Å². The molecule has 2 aromatic rings. The fourth-order valence-electron chi connectivity index (χ4n) is 2.21. The van der Waals surface area contributed by atoms with E-state index < -0.39 is 12.2 Å². The van der Waals surface area contributed by atoms with Crippen LogP contribution in [0.15, 0.2) is 53.4 Å². The molecule has 3 N–H and O–H groups in total. The number of phenols is 1. The first-order valence-electron chi connectivity index (χ1n) is 7.64. The first-order valence-corrected chi connectivity index (χ1v) is 8.86. The van der Waals surface area contributed by atoms with Crippen molar-refractivity contribution in [1.29, 1.82) is 0 Å². The van der Waals surface area contributed by atoms with Crippen LogP contribution in [-0.4, -0.2) is 29.2 Å². The number of hydrogen-bond donors (Lipinski definition) is 3. The van der Waals surface area contributed by atoms with Gasteiger partial charge in [0.05, 0.1) is 0 Å². The SMILES string of the molecule is CSc1ccc(NC(=O)O[C@H](CCCO)c2ccc(O)cc2)cc1. The molecule has 2 aromatic carbocycles. The molecule has 0 aromatic heterocycles. The van der Waals surface area contributed by atoms with Crippen LogP contribution in [-0.2, 0) is 4.74 Å². The zero-order chi connectivity index (χ0) is 17.4. The summed E-state index contributed by atoms with van der Waals surface area (Å²) in [6.07, 6.45) is 1.97. The minimum absolute atomic E-state index is 0.0235. The highest BCUT2D eigenvalue weighted by atomic mass is 32.2. The number of carbonyl (C=O) groups excluding carboxylic acids is 1. The number of anilines is 1. The molecule has 0 saturated carbocycles. The van der Waals surface area contributed by atoms with E-state index in [1.165, 1.54) is 0 Å². The van der Waals surface area contributed by atoms with Gasteiger partial charge in [0.15, 0.2) is 0 Å². The molecule has 1 atom stereocenters. The minimum atomic E-state index is -0.553. The summed E-state index contributed by atoms with van der Waals surface area (Å²) in [5.41, 5.74) is 1.43. The number of benzene rings is 2. The molecule has 0 spiro atoms. The molecule has 0 unspecified atom stereocenters. The fraction of sp³-hybridized carbons (Fsp3) is 0.278. The highest BCUT2D eigenvalue weighted by Crippen LogP contribution is 2.25. The number of rotatable bonds is 7. The number of carbonyl (C=O) groups is 1. The van der Waals surface area contributed by atoms with Gasteiger partial charge in [0.25, 0.3) is 0 Å². The topological polar surface area (TPSA) is 78.8 Å². The summed E-state index contributed by atoms with van der Waals surface area (Å²) in [5.74, 6) is 0.151. The first-order chi connectivity index (χ1) is 11.6. The van der Waals surface area contributed by atoms with Crippen molar-refractivity contribution in [1.82, 2.24) is 0 Å². The summed E-state index contributed by atoms with van der Waals surface area (Å²) in [5, 5.41) is 21.1. The van der Waals surface area contributed by atoms with Gasteiger partial charge in [-0.15, -0.1) is 11.8 Å². The molecule has 0 radical (unpaired) electrons. The molecule has 0 aliphatic heterocycles. The molecule has 1 amide bonds. The second-order valence-corrected chi connectivity index (χ2v) is 6.08. The molecule has 6 heteroatoms. The largest absolute Gasteiger partial charge is 0.508 e. The molecule has 24 heavy (non-hydrogen) atoms. The van der Waals surface area contributed by atoms with E-state index in [0.717, 1.165) is 10.5 Å². The predicted octanol–water partition coefficient (Wildman–Crippen LogP) is 4.18. The highest BCUT2D eigenvalue weighted by Gasteiger charge is 2.17. The van der Waals surface area contributed by atoms with Crippen molar-refractivity contribution in [3.05, 3.63) is 54.1 Å². The smallest absolute Gasteiger partial charge is 0.412 e. The molecule has 128 valence electrons. The van der Waals surface area contributed by atoms with Gasteiger partial charge in [-0.05, 0) is 61.1 Å². The van der Waals surface area contributed by atoms with Gasteiger partial charge >= 0.3 is 6.09 Å². The van der Waals surface area contributed by atoms with Gasteiger partial charge in [-0.25, -0.2) is 4.79 Å². The molecule has 0 saturated heterocycles. The zero-order valence-electron chi connectivity index (χ0n) is 13.4. The number of thioether (sulfide) groups is 1. The van der Waals surface area contributed by atoms with E-state index in [2.05, 4.69) is 5.32 Å². The van der Waals surface area contributed by atoms with Gasteiger partial charge < -0.3 is 14.9 Å². The quantitative estimate of drug-likeness (QED) is 0.655. The lowest BCUT2D eigenvalue weighted by atomic mass is 10.0. The van der Waals surface area contributed by atoms with Crippen LogP contribution in [0.4, 0.5) is 10.5 Å². The summed E-state index contributed by atoms with van der Waals surface area (Å²) in [6.45, 7) is 0.0235. The Bertz CT molecular complexity index is 643. The Balaban J connectivity index is 2.01. The summed E-state index contributed by atoms with van der Waals surface area (Å²) >= 11 is 1.63. The molecule has 0 fully saturated rings. The molecule has 0 heterocycles. The number of aromatic hydroxyl groups is 1. The lowest BCUT2D eigenvalue weighted by Gasteiger charge is -2.18. The Morgan fingerprint density at radius 2 is 1.83 bits per heavy atom. The average molecular weight is 347 g/mol. The van der Waals surface area contributed by atoms with Crippen molar-refractivity contribution < 1.29 is 19.7 Å². The van der Waals surface area contributed by atoms with E-state index in [9.17, 15) is 9.90 Å². The number of phenolic OH excluding ortho intramolecular Hbond substituents is 1. The Kier molecular flexibility index (Phi) is 6.96. The maximum Gasteiger partial charge on any atom is 0.412 e. The third kappa shape index (κ3) is 5.47. The Labute approximate surface area is 145 Å². The van der Waals surface area contributed by atoms with Crippen LogP contribution in [0.1, 0.15) is 24.5 Å². The van der Waals surface area contributed by atoms with Crippen molar-refractivity contribution >= 4 is 23.5 Å². The van der Waals surface area contributed by atoms with Crippen LogP contribution in [0.25, 0.3) is 0 Å². The molecule has 5 nitrogen and oxygen atoms in total. The Morgan fingerprint density at radius 3 is 2.42 bits per heavy atom. The van der Waals surface area contributed by atoms with Crippen molar-refractivity contribution in [3.8, 4) is 5.75 Å². The molecular formula is C18H21NO4S.